The molecule has 1 aliphatic rings. The summed E-state index contributed by atoms with van der Waals surface area (Å²) in [6.07, 6.45) is 1.65. The van der Waals surface area contributed by atoms with Crippen LogP contribution in [0.3, 0.4) is 0 Å². The minimum Gasteiger partial charge on any atom is -0.383 e. The molecule has 1 atom stereocenters. The maximum absolute atomic E-state index is 11.1. The van der Waals surface area contributed by atoms with Gasteiger partial charge in [0.15, 0.2) is 0 Å². The van der Waals surface area contributed by atoms with Crippen molar-refractivity contribution in [2.75, 3.05) is 26.8 Å². The molecule has 4 heteroatoms. The summed E-state index contributed by atoms with van der Waals surface area (Å²) >= 11 is 0. The normalized spacial score (nSPS) is 20.2. The number of rotatable bonds is 4. The largest absolute Gasteiger partial charge is 0.383 e. The zero-order chi connectivity index (χ0) is 8.97. The van der Waals surface area contributed by atoms with Gasteiger partial charge in [0.1, 0.15) is 0 Å². The first-order valence-corrected chi connectivity index (χ1v) is 4.26. The van der Waals surface area contributed by atoms with Crippen LogP contribution < -0.4 is 5.73 Å². The van der Waals surface area contributed by atoms with E-state index in [1.54, 1.807) is 7.11 Å². The average Bonchev–Trinajstić information content (AvgIpc) is 2.37. The van der Waals surface area contributed by atoms with Gasteiger partial charge in [-0.2, -0.15) is 0 Å². The fraction of sp³-hybridized carbons (Fsp3) is 0.875. The van der Waals surface area contributed by atoms with Crippen molar-refractivity contribution in [1.82, 2.24) is 4.90 Å². The first-order chi connectivity index (χ1) is 5.74. The SMILES string of the molecule is COCC(N)CN1CCCC1=O. The summed E-state index contributed by atoms with van der Waals surface area (Å²) in [5.41, 5.74) is 5.71. The minimum atomic E-state index is -0.0444. The van der Waals surface area contributed by atoms with Crippen LogP contribution in [0.4, 0.5) is 0 Å². The smallest absolute Gasteiger partial charge is 0.222 e. The summed E-state index contributed by atoms with van der Waals surface area (Å²) in [5.74, 6) is 0.224. The third kappa shape index (κ3) is 2.46. The number of likely N-dealkylation sites (tertiary alicyclic amines) is 1. The van der Waals surface area contributed by atoms with E-state index in [4.69, 9.17) is 10.5 Å². The minimum absolute atomic E-state index is 0.0444. The van der Waals surface area contributed by atoms with Crippen molar-refractivity contribution >= 4 is 5.91 Å². The molecule has 0 radical (unpaired) electrons. The number of ether oxygens (including phenoxy) is 1. The van der Waals surface area contributed by atoms with Crippen molar-refractivity contribution in [3.05, 3.63) is 0 Å². The summed E-state index contributed by atoms with van der Waals surface area (Å²) in [4.78, 5) is 13.0. The maximum atomic E-state index is 11.1. The zero-order valence-electron chi connectivity index (χ0n) is 7.45. The predicted octanol–water partition coefficient (Wildman–Crippen LogP) is -0.417. The Morgan fingerprint density at radius 2 is 2.50 bits per heavy atom. The second kappa shape index (κ2) is 4.42. The Hall–Kier alpha value is -0.610. The highest BCUT2D eigenvalue weighted by Crippen LogP contribution is 2.09. The van der Waals surface area contributed by atoms with E-state index < -0.39 is 0 Å². The molecule has 2 N–H and O–H groups in total. The number of hydrogen-bond acceptors (Lipinski definition) is 3. The fourth-order valence-corrected chi connectivity index (χ4v) is 1.45. The van der Waals surface area contributed by atoms with E-state index in [9.17, 15) is 4.79 Å². The number of nitrogens with two attached hydrogens (primary N) is 1. The van der Waals surface area contributed by atoms with Crippen molar-refractivity contribution in [2.24, 2.45) is 5.73 Å². The lowest BCUT2D eigenvalue weighted by Crippen LogP contribution is -2.40. The number of nitrogens with zero attached hydrogens (tertiary/aromatic N) is 1. The molecule has 0 bridgehead atoms. The van der Waals surface area contributed by atoms with Gasteiger partial charge in [-0.25, -0.2) is 0 Å². The van der Waals surface area contributed by atoms with Gasteiger partial charge in [0.25, 0.3) is 0 Å². The van der Waals surface area contributed by atoms with Gasteiger partial charge in [0.05, 0.1) is 6.61 Å². The highest BCUT2D eigenvalue weighted by atomic mass is 16.5. The first kappa shape index (κ1) is 9.48. The Balaban J connectivity index is 2.25. The highest BCUT2D eigenvalue weighted by Gasteiger charge is 2.21. The van der Waals surface area contributed by atoms with E-state index in [-0.39, 0.29) is 11.9 Å². The quantitative estimate of drug-likeness (QED) is 0.626. The molecule has 0 spiro atoms. The van der Waals surface area contributed by atoms with Crippen LogP contribution in [-0.4, -0.2) is 43.7 Å². The number of hydrogen-bond donors (Lipinski definition) is 1. The summed E-state index contributed by atoms with van der Waals surface area (Å²) in [6, 6.07) is -0.0444. The molecular weight excluding hydrogens is 156 g/mol. The zero-order valence-corrected chi connectivity index (χ0v) is 7.45. The monoisotopic (exact) mass is 172 g/mol. The lowest BCUT2D eigenvalue weighted by atomic mass is 10.3. The van der Waals surface area contributed by atoms with Crippen LogP contribution in [0.5, 0.6) is 0 Å². The molecule has 1 amide bonds. The Morgan fingerprint density at radius 3 is 3.00 bits per heavy atom. The van der Waals surface area contributed by atoms with Gasteiger partial charge in [-0.05, 0) is 6.42 Å². The van der Waals surface area contributed by atoms with E-state index in [2.05, 4.69) is 0 Å². The lowest BCUT2D eigenvalue weighted by molar-refractivity contribution is -0.128. The third-order valence-electron chi connectivity index (χ3n) is 2.01. The second-order valence-corrected chi connectivity index (χ2v) is 3.16. The van der Waals surface area contributed by atoms with E-state index in [0.29, 0.717) is 19.6 Å². The van der Waals surface area contributed by atoms with Gasteiger partial charge in [0.2, 0.25) is 5.91 Å². The molecule has 4 nitrogen and oxygen atoms in total. The van der Waals surface area contributed by atoms with Crippen molar-refractivity contribution < 1.29 is 9.53 Å². The molecule has 12 heavy (non-hydrogen) atoms. The van der Waals surface area contributed by atoms with Gasteiger partial charge in [-0.3, -0.25) is 4.79 Å². The van der Waals surface area contributed by atoms with E-state index in [0.717, 1.165) is 13.0 Å². The van der Waals surface area contributed by atoms with Gasteiger partial charge in [-0.1, -0.05) is 0 Å². The molecule has 0 aromatic rings. The first-order valence-electron chi connectivity index (χ1n) is 4.26. The van der Waals surface area contributed by atoms with Gasteiger partial charge in [0, 0.05) is 32.7 Å². The molecule has 1 saturated heterocycles. The number of amides is 1. The van der Waals surface area contributed by atoms with Crippen LogP contribution in [0.15, 0.2) is 0 Å². The molecule has 70 valence electrons. The van der Waals surface area contributed by atoms with Crippen molar-refractivity contribution in [3.63, 3.8) is 0 Å². The number of carbonyl (C=O) groups excluding carboxylic acids is 1. The molecule has 0 aliphatic carbocycles. The van der Waals surface area contributed by atoms with Crippen LogP contribution >= 0.6 is 0 Å². The third-order valence-corrected chi connectivity index (χ3v) is 2.01. The van der Waals surface area contributed by atoms with Gasteiger partial charge < -0.3 is 15.4 Å². The summed E-state index contributed by atoms with van der Waals surface area (Å²) in [5, 5.41) is 0. The van der Waals surface area contributed by atoms with E-state index in [1.807, 2.05) is 4.90 Å². The summed E-state index contributed by atoms with van der Waals surface area (Å²) < 4.78 is 4.89. The van der Waals surface area contributed by atoms with E-state index >= 15 is 0 Å². The molecule has 0 aromatic heterocycles. The van der Waals surface area contributed by atoms with Crippen molar-refractivity contribution in [2.45, 2.75) is 18.9 Å². The Labute approximate surface area is 72.7 Å². The fourth-order valence-electron chi connectivity index (χ4n) is 1.45. The van der Waals surface area contributed by atoms with Crippen LogP contribution in [0.1, 0.15) is 12.8 Å². The van der Waals surface area contributed by atoms with Gasteiger partial charge in [-0.15, -0.1) is 0 Å². The van der Waals surface area contributed by atoms with Crippen LogP contribution in [0.25, 0.3) is 0 Å². The van der Waals surface area contributed by atoms with Crippen LogP contribution in [-0.2, 0) is 9.53 Å². The molecule has 1 fully saturated rings. The standard InChI is InChI=1S/C8H16N2O2/c1-12-6-7(9)5-10-4-2-3-8(10)11/h7H,2-6,9H2,1H3. The molecule has 0 aromatic carbocycles. The maximum Gasteiger partial charge on any atom is 0.222 e. The van der Waals surface area contributed by atoms with Crippen molar-refractivity contribution in [1.29, 1.82) is 0 Å². The molecule has 1 unspecified atom stereocenters. The second-order valence-electron chi connectivity index (χ2n) is 3.16. The number of carbonyl (C=O) groups is 1. The Bertz CT molecular complexity index is 161. The molecule has 1 aliphatic heterocycles. The molecule has 0 saturated carbocycles. The Morgan fingerprint density at radius 1 is 1.75 bits per heavy atom. The molecule has 1 rings (SSSR count). The average molecular weight is 172 g/mol. The topological polar surface area (TPSA) is 55.6 Å². The summed E-state index contributed by atoms with van der Waals surface area (Å²) in [6.45, 7) is 2.01. The van der Waals surface area contributed by atoms with Crippen molar-refractivity contribution in [3.8, 4) is 0 Å². The molecule has 1 heterocycles. The predicted molar refractivity (Wildman–Crippen MR) is 45.7 cm³/mol. The Kier molecular flexibility index (Phi) is 3.49. The van der Waals surface area contributed by atoms with Gasteiger partial charge >= 0.3 is 0 Å². The highest BCUT2D eigenvalue weighted by molar-refractivity contribution is 5.78. The number of methoxy groups -OCH3 is 1. The summed E-state index contributed by atoms with van der Waals surface area (Å²) in [7, 11) is 1.62. The van der Waals surface area contributed by atoms with Crippen LogP contribution in [0.2, 0.25) is 0 Å². The van der Waals surface area contributed by atoms with Crippen LogP contribution in [0, 0.1) is 0 Å². The lowest BCUT2D eigenvalue weighted by Gasteiger charge is -2.19. The molecular formula is C8H16N2O2. The van der Waals surface area contributed by atoms with E-state index in [1.165, 1.54) is 0 Å².